The molecule has 0 rings (SSSR count). The Labute approximate surface area is 97.9 Å². The van der Waals surface area contributed by atoms with E-state index in [9.17, 15) is 9.46 Å². The van der Waals surface area contributed by atoms with Crippen LogP contribution in [-0.4, -0.2) is 13.2 Å². The van der Waals surface area contributed by atoms with Crippen molar-refractivity contribution in [3.8, 4) is 0 Å². The van der Waals surface area contributed by atoms with Gasteiger partial charge in [0.2, 0.25) is 0 Å². The summed E-state index contributed by atoms with van der Waals surface area (Å²) in [6.07, 6.45) is 3.30. The van der Waals surface area contributed by atoms with E-state index in [1.54, 1.807) is 0 Å². The molecule has 0 aliphatic heterocycles. The number of hydrogen-bond acceptors (Lipinski definition) is 4. The van der Waals surface area contributed by atoms with Crippen LogP contribution < -0.4 is 4.89 Å². The molecule has 0 aromatic rings. The van der Waals surface area contributed by atoms with E-state index in [0.717, 1.165) is 25.7 Å². The van der Waals surface area contributed by atoms with Gasteiger partial charge in [-0.05, 0) is 12.8 Å². The summed E-state index contributed by atoms with van der Waals surface area (Å²) in [6, 6.07) is 0. The van der Waals surface area contributed by atoms with Crippen LogP contribution in [0, 0.1) is 0 Å². The topological polar surface area (TPSA) is 58.6 Å². The maximum Gasteiger partial charge on any atom is 0.267 e. The van der Waals surface area contributed by atoms with Crippen LogP contribution in [-0.2, 0) is 32.2 Å². The van der Waals surface area contributed by atoms with Crippen molar-refractivity contribution in [3.05, 3.63) is 0 Å². The molecule has 0 saturated carbocycles. The van der Waals surface area contributed by atoms with Crippen molar-refractivity contribution in [2.24, 2.45) is 0 Å². The van der Waals surface area contributed by atoms with Gasteiger partial charge in [0.1, 0.15) is 0 Å². The summed E-state index contributed by atoms with van der Waals surface area (Å²) in [4.78, 5) is 11.0. The van der Waals surface area contributed by atoms with Gasteiger partial charge in [0.25, 0.3) is 7.82 Å². The third-order valence-corrected chi connectivity index (χ3v) is 2.49. The summed E-state index contributed by atoms with van der Waals surface area (Å²) in [5.41, 5.74) is 0. The quantitative estimate of drug-likeness (QED) is 0.495. The summed E-state index contributed by atoms with van der Waals surface area (Å²) in [6.45, 7) is 4.39. The van der Waals surface area contributed by atoms with Gasteiger partial charge in [-0.2, -0.15) is 0 Å². The van der Waals surface area contributed by atoms with Gasteiger partial charge in [-0.25, -0.2) is 0 Å². The molecule has 14 heavy (non-hydrogen) atoms. The first-order chi connectivity index (χ1) is 6.12. The summed E-state index contributed by atoms with van der Waals surface area (Å²) >= 11 is 0. The number of rotatable bonds is 8. The van der Waals surface area contributed by atoms with Crippen molar-refractivity contribution in [1.82, 2.24) is 0 Å². The Balaban J connectivity index is 0. The first-order valence-electron chi connectivity index (χ1n) is 4.72. The van der Waals surface area contributed by atoms with Crippen molar-refractivity contribution in [2.45, 2.75) is 39.5 Å². The smallest absolute Gasteiger partial charge is 0.267 e. The zero-order valence-electron chi connectivity index (χ0n) is 8.77. The average molecular weight is 260 g/mol. The van der Waals surface area contributed by atoms with Crippen LogP contribution in [0.3, 0.4) is 0 Å². The zero-order valence-corrected chi connectivity index (χ0v) is 11.1. The van der Waals surface area contributed by atoms with Crippen LogP contribution in [0.1, 0.15) is 39.5 Å². The minimum Gasteiger partial charge on any atom is -0.756 e. The molecule has 4 nitrogen and oxygen atoms in total. The van der Waals surface area contributed by atoms with E-state index in [4.69, 9.17) is 0 Å². The molecular formula is C8H18O4PV-. The fourth-order valence-corrected chi connectivity index (χ4v) is 1.46. The number of unbranched alkanes of at least 4 members (excludes halogenated alkanes) is 2. The molecule has 0 aromatic carbocycles. The van der Waals surface area contributed by atoms with E-state index in [2.05, 4.69) is 9.05 Å². The largest absolute Gasteiger partial charge is 0.756 e. The van der Waals surface area contributed by atoms with E-state index in [1.165, 1.54) is 0 Å². The van der Waals surface area contributed by atoms with Crippen molar-refractivity contribution in [2.75, 3.05) is 13.2 Å². The Hall–Kier alpha value is 0.694. The Bertz CT molecular complexity index is 151. The van der Waals surface area contributed by atoms with E-state index >= 15 is 0 Å². The fraction of sp³-hybridized carbons (Fsp3) is 1.00. The van der Waals surface area contributed by atoms with Crippen LogP contribution in [0.5, 0.6) is 0 Å². The molecule has 6 heteroatoms. The second-order valence-electron chi connectivity index (χ2n) is 2.82. The van der Waals surface area contributed by atoms with Crippen molar-refractivity contribution in [3.63, 3.8) is 0 Å². The molecule has 0 heterocycles. The van der Waals surface area contributed by atoms with E-state index in [-0.39, 0.29) is 31.8 Å². The molecule has 0 amide bonds. The van der Waals surface area contributed by atoms with Gasteiger partial charge < -0.3 is 13.9 Å². The molecule has 0 atom stereocenters. The standard InChI is InChI=1S/C8H19O4P.V/c1-3-5-7-11-13(9,10)12-8-6-4-2;/h3-8H2,1-2H3,(H,9,10);/p-1. The SMILES string of the molecule is CCCCOP(=O)([O-])OCCCC.[V]. The third-order valence-electron chi connectivity index (χ3n) is 1.49. The molecule has 0 N–H and O–H groups in total. The molecule has 0 aliphatic carbocycles. The Morgan fingerprint density at radius 1 is 1.07 bits per heavy atom. The van der Waals surface area contributed by atoms with E-state index < -0.39 is 7.82 Å². The average Bonchev–Trinajstić information content (AvgIpc) is 2.05. The molecule has 1 radical (unpaired) electrons. The molecule has 0 aliphatic rings. The van der Waals surface area contributed by atoms with Gasteiger partial charge >= 0.3 is 0 Å². The summed E-state index contributed by atoms with van der Waals surface area (Å²) < 4.78 is 20.2. The Kier molecular flexibility index (Phi) is 12.5. The molecule has 0 saturated heterocycles. The van der Waals surface area contributed by atoms with Crippen LogP contribution in [0.4, 0.5) is 0 Å². The molecule has 85 valence electrons. The number of phosphoric acid groups is 1. The van der Waals surface area contributed by atoms with Crippen LogP contribution in [0.25, 0.3) is 0 Å². The van der Waals surface area contributed by atoms with Crippen molar-refractivity contribution in [1.29, 1.82) is 0 Å². The van der Waals surface area contributed by atoms with Gasteiger partial charge in [0, 0.05) is 18.6 Å². The van der Waals surface area contributed by atoms with Crippen LogP contribution in [0.15, 0.2) is 0 Å². The predicted molar refractivity (Wildman–Crippen MR) is 49.3 cm³/mol. The van der Waals surface area contributed by atoms with Gasteiger partial charge in [0.15, 0.2) is 0 Å². The van der Waals surface area contributed by atoms with E-state index in [0.29, 0.717) is 0 Å². The maximum absolute atomic E-state index is 11.0. The monoisotopic (exact) mass is 260 g/mol. The molecule has 0 fully saturated rings. The Morgan fingerprint density at radius 3 is 1.71 bits per heavy atom. The van der Waals surface area contributed by atoms with Crippen LogP contribution in [0.2, 0.25) is 0 Å². The fourth-order valence-electron chi connectivity index (χ4n) is 0.679. The molecule has 0 aromatic heterocycles. The summed E-state index contributed by atoms with van der Waals surface area (Å²) in [5.74, 6) is 0. The molecule has 0 unspecified atom stereocenters. The minimum absolute atomic E-state index is 0. The minimum atomic E-state index is -4.00. The number of phosphoric ester groups is 1. The predicted octanol–water partition coefficient (Wildman–Crippen LogP) is 2.09. The zero-order chi connectivity index (χ0) is 10.2. The second-order valence-corrected chi connectivity index (χ2v) is 4.23. The third kappa shape index (κ3) is 10.8. The van der Waals surface area contributed by atoms with Crippen molar-refractivity contribution >= 4 is 7.82 Å². The van der Waals surface area contributed by atoms with Gasteiger partial charge in [-0.3, -0.25) is 4.57 Å². The van der Waals surface area contributed by atoms with Gasteiger partial charge in [-0.1, -0.05) is 26.7 Å². The Morgan fingerprint density at radius 2 is 1.43 bits per heavy atom. The maximum atomic E-state index is 11.0. The van der Waals surface area contributed by atoms with Crippen molar-refractivity contribution < 1.29 is 37.1 Å². The van der Waals surface area contributed by atoms with E-state index in [1.807, 2.05) is 13.8 Å². The first-order valence-corrected chi connectivity index (χ1v) is 6.18. The summed E-state index contributed by atoms with van der Waals surface area (Å²) in [5, 5.41) is 0. The second kappa shape index (κ2) is 10.2. The van der Waals surface area contributed by atoms with Crippen LogP contribution >= 0.6 is 7.82 Å². The summed E-state index contributed by atoms with van der Waals surface area (Å²) in [7, 11) is -4.00. The first kappa shape index (κ1) is 17.1. The molecule has 0 spiro atoms. The normalized spacial score (nSPS) is 11.1. The number of hydrogen-bond donors (Lipinski definition) is 0. The molecular weight excluding hydrogens is 242 g/mol. The van der Waals surface area contributed by atoms with Gasteiger partial charge in [-0.15, -0.1) is 0 Å². The molecule has 0 bridgehead atoms. The van der Waals surface area contributed by atoms with Gasteiger partial charge in [0.05, 0.1) is 13.2 Å².